The molecule has 5 unspecified atom stereocenters. The zero-order valence-electron chi connectivity index (χ0n) is 11.8. The van der Waals surface area contributed by atoms with Crippen LogP contribution in [0.15, 0.2) is 0 Å². The van der Waals surface area contributed by atoms with E-state index in [0.717, 1.165) is 32.4 Å². The van der Waals surface area contributed by atoms with Crippen LogP contribution in [0.25, 0.3) is 0 Å². The molecule has 1 saturated heterocycles. The summed E-state index contributed by atoms with van der Waals surface area (Å²) in [6.07, 6.45) is 3.19. The van der Waals surface area contributed by atoms with Gasteiger partial charge in [0.25, 0.3) is 0 Å². The zero-order chi connectivity index (χ0) is 13.3. The van der Waals surface area contributed by atoms with Crippen molar-refractivity contribution in [2.45, 2.75) is 58.3 Å². The van der Waals surface area contributed by atoms with Gasteiger partial charge in [-0.2, -0.15) is 0 Å². The minimum atomic E-state index is 0.126. The summed E-state index contributed by atoms with van der Waals surface area (Å²) in [7, 11) is 0. The number of morpholine rings is 1. The van der Waals surface area contributed by atoms with Crippen LogP contribution in [0, 0.1) is 11.8 Å². The van der Waals surface area contributed by atoms with E-state index < -0.39 is 0 Å². The van der Waals surface area contributed by atoms with Crippen molar-refractivity contribution >= 4 is 5.91 Å². The maximum absolute atomic E-state index is 12.6. The summed E-state index contributed by atoms with van der Waals surface area (Å²) in [6.45, 7) is 7.72. The number of hydrogen-bond acceptors (Lipinski definition) is 3. The van der Waals surface area contributed by atoms with Crippen molar-refractivity contribution in [3.05, 3.63) is 0 Å². The Balaban J connectivity index is 1.97. The number of rotatable bonds is 1. The second-order valence-corrected chi connectivity index (χ2v) is 6.27. The first-order chi connectivity index (χ1) is 8.45. The normalized spacial score (nSPS) is 41.8. The van der Waals surface area contributed by atoms with Gasteiger partial charge in [0.1, 0.15) is 0 Å². The van der Waals surface area contributed by atoms with Crippen molar-refractivity contribution in [1.29, 1.82) is 0 Å². The van der Waals surface area contributed by atoms with Gasteiger partial charge in [-0.3, -0.25) is 4.79 Å². The number of carbonyl (C=O) groups excluding carboxylic acids is 1. The maximum Gasteiger partial charge on any atom is 0.225 e. The van der Waals surface area contributed by atoms with Crippen LogP contribution in [0.2, 0.25) is 0 Å². The predicted octanol–water partition coefficient (Wildman–Crippen LogP) is 1.39. The molecule has 1 aliphatic carbocycles. The van der Waals surface area contributed by atoms with Crippen molar-refractivity contribution in [3.63, 3.8) is 0 Å². The van der Waals surface area contributed by atoms with E-state index in [1.165, 1.54) is 0 Å². The van der Waals surface area contributed by atoms with E-state index in [-0.39, 0.29) is 24.2 Å². The van der Waals surface area contributed by atoms with Gasteiger partial charge in [0.05, 0.1) is 12.2 Å². The molecule has 2 N–H and O–H groups in total. The number of amides is 1. The van der Waals surface area contributed by atoms with Crippen LogP contribution in [-0.2, 0) is 9.53 Å². The fourth-order valence-corrected chi connectivity index (χ4v) is 3.47. The monoisotopic (exact) mass is 254 g/mol. The van der Waals surface area contributed by atoms with Gasteiger partial charge >= 0.3 is 0 Å². The molecule has 4 nitrogen and oxygen atoms in total. The third-order valence-corrected chi connectivity index (χ3v) is 4.06. The van der Waals surface area contributed by atoms with Gasteiger partial charge < -0.3 is 15.4 Å². The first kappa shape index (κ1) is 13.8. The van der Waals surface area contributed by atoms with Crippen LogP contribution in [-0.4, -0.2) is 42.1 Å². The molecule has 0 bridgehead atoms. The second kappa shape index (κ2) is 5.57. The average Bonchev–Trinajstić information content (AvgIpc) is 2.25. The summed E-state index contributed by atoms with van der Waals surface area (Å²) in [5.41, 5.74) is 6.04. The molecule has 0 aromatic rings. The smallest absolute Gasteiger partial charge is 0.225 e. The molecule has 18 heavy (non-hydrogen) atoms. The number of ether oxygens (including phenoxy) is 1. The van der Waals surface area contributed by atoms with E-state index >= 15 is 0 Å². The van der Waals surface area contributed by atoms with Crippen molar-refractivity contribution in [1.82, 2.24) is 4.90 Å². The predicted molar refractivity (Wildman–Crippen MR) is 71.1 cm³/mol. The third kappa shape index (κ3) is 3.23. The Morgan fingerprint density at radius 3 is 2.28 bits per heavy atom. The van der Waals surface area contributed by atoms with Gasteiger partial charge in [0, 0.05) is 25.0 Å². The Bertz CT molecular complexity index is 260. The van der Waals surface area contributed by atoms with E-state index in [9.17, 15) is 4.79 Å². The minimum Gasteiger partial charge on any atom is -0.372 e. The van der Waals surface area contributed by atoms with E-state index in [0.29, 0.717) is 11.8 Å². The highest BCUT2D eigenvalue weighted by Gasteiger charge is 2.34. The fourth-order valence-electron chi connectivity index (χ4n) is 3.47. The summed E-state index contributed by atoms with van der Waals surface area (Å²) >= 11 is 0. The van der Waals surface area contributed by atoms with Crippen LogP contribution in [0.3, 0.4) is 0 Å². The van der Waals surface area contributed by atoms with E-state index in [1.807, 2.05) is 18.7 Å². The highest BCUT2D eigenvalue weighted by molar-refractivity contribution is 5.79. The van der Waals surface area contributed by atoms with E-state index in [1.54, 1.807) is 0 Å². The zero-order valence-corrected chi connectivity index (χ0v) is 11.8. The first-order valence-electron chi connectivity index (χ1n) is 7.15. The first-order valence-corrected chi connectivity index (χ1v) is 7.15. The third-order valence-electron chi connectivity index (χ3n) is 4.06. The summed E-state index contributed by atoms with van der Waals surface area (Å²) in [5.74, 6) is 0.985. The van der Waals surface area contributed by atoms with Crippen LogP contribution < -0.4 is 5.73 Å². The van der Waals surface area contributed by atoms with Gasteiger partial charge in [-0.05, 0) is 39.0 Å². The molecule has 2 aliphatic rings. The number of nitrogens with two attached hydrogens (primary N) is 1. The number of nitrogens with zero attached hydrogens (tertiary/aromatic N) is 1. The summed E-state index contributed by atoms with van der Waals surface area (Å²) in [6, 6.07) is 0.193. The van der Waals surface area contributed by atoms with Crippen LogP contribution >= 0.6 is 0 Å². The minimum absolute atomic E-state index is 0.126. The summed E-state index contributed by atoms with van der Waals surface area (Å²) in [5, 5.41) is 0. The van der Waals surface area contributed by atoms with Gasteiger partial charge in [0.2, 0.25) is 5.91 Å². The molecule has 5 atom stereocenters. The maximum atomic E-state index is 12.6. The van der Waals surface area contributed by atoms with Crippen molar-refractivity contribution in [3.8, 4) is 0 Å². The number of hydrogen-bond donors (Lipinski definition) is 1. The van der Waals surface area contributed by atoms with Gasteiger partial charge in [-0.25, -0.2) is 0 Å². The average molecular weight is 254 g/mol. The molecule has 104 valence electrons. The van der Waals surface area contributed by atoms with Gasteiger partial charge in [-0.1, -0.05) is 6.92 Å². The van der Waals surface area contributed by atoms with Gasteiger partial charge in [-0.15, -0.1) is 0 Å². The Morgan fingerprint density at radius 2 is 1.72 bits per heavy atom. The Hall–Kier alpha value is -0.610. The molecule has 0 radical (unpaired) electrons. The van der Waals surface area contributed by atoms with E-state index in [4.69, 9.17) is 10.5 Å². The molecular formula is C14H26N2O2. The van der Waals surface area contributed by atoms with E-state index in [2.05, 4.69) is 6.92 Å². The lowest BCUT2D eigenvalue weighted by Gasteiger charge is -2.39. The molecule has 1 saturated carbocycles. The largest absolute Gasteiger partial charge is 0.372 e. The highest BCUT2D eigenvalue weighted by atomic mass is 16.5. The summed E-state index contributed by atoms with van der Waals surface area (Å²) < 4.78 is 5.68. The SMILES string of the molecule is CC1CC(N)CC(C(=O)N2CC(C)OC(C)C2)C1. The molecule has 1 heterocycles. The quantitative estimate of drug-likeness (QED) is 0.769. The molecule has 2 fully saturated rings. The molecule has 0 spiro atoms. The lowest BCUT2D eigenvalue weighted by Crippen LogP contribution is -2.51. The Kier molecular flexibility index (Phi) is 4.28. The molecule has 4 heteroatoms. The lowest BCUT2D eigenvalue weighted by molar-refractivity contribution is -0.149. The molecule has 0 aromatic carbocycles. The van der Waals surface area contributed by atoms with Crippen molar-refractivity contribution in [2.24, 2.45) is 17.6 Å². The van der Waals surface area contributed by atoms with Crippen LogP contribution in [0.1, 0.15) is 40.0 Å². The second-order valence-electron chi connectivity index (χ2n) is 6.27. The standard InChI is InChI=1S/C14H26N2O2/c1-9-4-12(6-13(15)5-9)14(17)16-7-10(2)18-11(3)8-16/h9-13H,4-8,15H2,1-3H3. The lowest BCUT2D eigenvalue weighted by atomic mass is 9.79. The molecule has 1 amide bonds. The van der Waals surface area contributed by atoms with Crippen molar-refractivity contribution < 1.29 is 9.53 Å². The highest BCUT2D eigenvalue weighted by Crippen LogP contribution is 2.30. The molecule has 2 rings (SSSR count). The molecule has 0 aromatic heterocycles. The topological polar surface area (TPSA) is 55.6 Å². The fraction of sp³-hybridized carbons (Fsp3) is 0.929. The molecule has 1 aliphatic heterocycles. The van der Waals surface area contributed by atoms with Crippen molar-refractivity contribution in [2.75, 3.05) is 13.1 Å². The molecular weight excluding hydrogens is 228 g/mol. The summed E-state index contributed by atoms with van der Waals surface area (Å²) in [4.78, 5) is 14.5. The van der Waals surface area contributed by atoms with Gasteiger partial charge in [0.15, 0.2) is 0 Å². The van der Waals surface area contributed by atoms with Crippen LogP contribution in [0.5, 0.6) is 0 Å². The Labute approximate surface area is 110 Å². The van der Waals surface area contributed by atoms with Crippen LogP contribution in [0.4, 0.5) is 0 Å². The Morgan fingerprint density at radius 1 is 1.11 bits per heavy atom. The number of carbonyl (C=O) groups is 1.